The summed E-state index contributed by atoms with van der Waals surface area (Å²) in [5.41, 5.74) is 1.87. The van der Waals surface area contributed by atoms with Crippen molar-refractivity contribution in [2.45, 2.75) is 52.2 Å². The van der Waals surface area contributed by atoms with Gasteiger partial charge in [0, 0.05) is 44.4 Å². The quantitative estimate of drug-likeness (QED) is 0.787. The molecule has 2 amide bonds. The Bertz CT molecular complexity index is 654. The van der Waals surface area contributed by atoms with Crippen LogP contribution in [0.2, 0.25) is 0 Å². The van der Waals surface area contributed by atoms with Crippen molar-refractivity contribution in [3.8, 4) is 0 Å². The van der Waals surface area contributed by atoms with E-state index in [1.807, 2.05) is 32.7 Å². The van der Waals surface area contributed by atoms with E-state index in [4.69, 9.17) is 4.74 Å². The van der Waals surface area contributed by atoms with E-state index in [-0.39, 0.29) is 12.0 Å². The minimum atomic E-state index is -0.527. The third-order valence-electron chi connectivity index (χ3n) is 4.49. The standard InChI is InChI=1S/C17H26N4O3/c1-17(2,3)24-16(23)21-10-7-13-12(11-21)14(18-19(13)4)15(22)20-8-5-6-9-20/h5-11H2,1-4H3. The van der Waals surface area contributed by atoms with Gasteiger partial charge in [0.05, 0.1) is 6.54 Å². The number of carbonyl (C=O) groups excluding carboxylic acids is 2. The van der Waals surface area contributed by atoms with Crippen molar-refractivity contribution in [1.29, 1.82) is 0 Å². The molecule has 0 saturated carbocycles. The Kier molecular flexibility index (Phi) is 4.27. The Labute approximate surface area is 142 Å². The van der Waals surface area contributed by atoms with E-state index < -0.39 is 5.60 Å². The molecule has 2 aliphatic heterocycles. The van der Waals surface area contributed by atoms with Crippen LogP contribution in [0.4, 0.5) is 4.79 Å². The molecule has 1 fully saturated rings. The number of aryl methyl sites for hydroxylation is 1. The number of hydrogen-bond acceptors (Lipinski definition) is 4. The SMILES string of the molecule is Cn1nc(C(=O)N2CCCC2)c2c1CCN(C(=O)OC(C)(C)C)C2. The summed E-state index contributed by atoms with van der Waals surface area (Å²) in [6, 6.07) is 0. The van der Waals surface area contributed by atoms with Gasteiger partial charge < -0.3 is 14.5 Å². The van der Waals surface area contributed by atoms with Gasteiger partial charge in [-0.2, -0.15) is 5.10 Å². The van der Waals surface area contributed by atoms with Crippen LogP contribution in [-0.2, 0) is 24.8 Å². The molecule has 132 valence electrons. The van der Waals surface area contributed by atoms with Crippen molar-refractivity contribution in [1.82, 2.24) is 19.6 Å². The molecular weight excluding hydrogens is 308 g/mol. The molecule has 7 nitrogen and oxygen atoms in total. The average molecular weight is 334 g/mol. The van der Waals surface area contributed by atoms with Crippen LogP contribution in [0.15, 0.2) is 0 Å². The summed E-state index contributed by atoms with van der Waals surface area (Å²) < 4.78 is 7.25. The molecule has 1 aromatic heterocycles. The molecule has 0 bridgehead atoms. The van der Waals surface area contributed by atoms with E-state index in [0.29, 0.717) is 25.2 Å². The Morgan fingerprint density at radius 3 is 2.38 bits per heavy atom. The first-order chi connectivity index (χ1) is 11.3. The smallest absolute Gasteiger partial charge is 0.410 e. The summed E-state index contributed by atoms with van der Waals surface area (Å²) in [5, 5.41) is 4.45. The molecule has 0 aliphatic carbocycles. The number of ether oxygens (including phenoxy) is 1. The van der Waals surface area contributed by atoms with Gasteiger partial charge in [0.2, 0.25) is 0 Å². The monoisotopic (exact) mass is 334 g/mol. The van der Waals surface area contributed by atoms with E-state index in [1.54, 1.807) is 9.58 Å². The van der Waals surface area contributed by atoms with Crippen LogP contribution >= 0.6 is 0 Å². The van der Waals surface area contributed by atoms with Crippen LogP contribution in [0, 0.1) is 0 Å². The topological polar surface area (TPSA) is 67.7 Å². The molecule has 1 saturated heterocycles. The molecule has 0 radical (unpaired) electrons. The summed E-state index contributed by atoms with van der Waals surface area (Å²) in [5.74, 6) is -0.0182. The molecule has 3 heterocycles. The zero-order valence-corrected chi connectivity index (χ0v) is 15.0. The molecule has 2 aliphatic rings. The van der Waals surface area contributed by atoms with Gasteiger partial charge in [0.25, 0.3) is 5.91 Å². The van der Waals surface area contributed by atoms with Crippen molar-refractivity contribution in [2.24, 2.45) is 7.05 Å². The molecule has 0 spiro atoms. The van der Waals surface area contributed by atoms with Crippen LogP contribution in [0.25, 0.3) is 0 Å². The zero-order chi connectivity index (χ0) is 17.5. The maximum atomic E-state index is 12.8. The number of amides is 2. The number of nitrogens with zero attached hydrogens (tertiary/aromatic N) is 4. The Morgan fingerprint density at radius 2 is 1.75 bits per heavy atom. The molecule has 0 aromatic carbocycles. The van der Waals surface area contributed by atoms with E-state index >= 15 is 0 Å². The zero-order valence-electron chi connectivity index (χ0n) is 15.0. The van der Waals surface area contributed by atoms with Gasteiger partial charge in [-0.3, -0.25) is 9.48 Å². The lowest BCUT2D eigenvalue weighted by atomic mass is 10.0. The molecule has 0 N–H and O–H groups in total. The lowest BCUT2D eigenvalue weighted by molar-refractivity contribution is 0.0221. The second-order valence-corrected chi connectivity index (χ2v) is 7.55. The Balaban J connectivity index is 1.82. The van der Waals surface area contributed by atoms with E-state index in [1.165, 1.54) is 0 Å². The highest BCUT2D eigenvalue weighted by Crippen LogP contribution is 2.25. The van der Waals surface area contributed by atoms with Crippen LogP contribution in [-0.4, -0.2) is 56.8 Å². The third kappa shape index (κ3) is 3.25. The van der Waals surface area contributed by atoms with Crippen molar-refractivity contribution in [3.63, 3.8) is 0 Å². The number of carbonyl (C=O) groups is 2. The summed E-state index contributed by atoms with van der Waals surface area (Å²) >= 11 is 0. The predicted molar refractivity (Wildman–Crippen MR) is 88.7 cm³/mol. The molecule has 24 heavy (non-hydrogen) atoms. The predicted octanol–water partition coefficient (Wildman–Crippen LogP) is 1.95. The average Bonchev–Trinajstić information content (AvgIpc) is 3.13. The fourth-order valence-corrected chi connectivity index (χ4v) is 3.32. The number of fused-ring (bicyclic) bond motifs is 1. The summed E-state index contributed by atoms with van der Waals surface area (Å²) in [7, 11) is 1.86. The van der Waals surface area contributed by atoms with E-state index in [2.05, 4.69) is 5.10 Å². The number of likely N-dealkylation sites (tertiary alicyclic amines) is 1. The lowest BCUT2D eigenvalue weighted by Gasteiger charge is -2.30. The highest BCUT2D eigenvalue weighted by Gasteiger charge is 2.33. The second-order valence-electron chi connectivity index (χ2n) is 7.55. The van der Waals surface area contributed by atoms with Gasteiger partial charge in [0.1, 0.15) is 5.60 Å². The van der Waals surface area contributed by atoms with Crippen molar-refractivity contribution in [2.75, 3.05) is 19.6 Å². The van der Waals surface area contributed by atoms with Crippen LogP contribution in [0.1, 0.15) is 55.4 Å². The largest absolute Gasteiger partial charge is 0.444 e. The molecule has 0 atom stereocenters. The highest BCUT2D eigenvalue weighted by molar-refractivity contribution is 5.94. The van der Waals surface area contributed by atoms with Crippen LogP contribution in [0.5, 0.6) is 0 Å². The minimum Gasteiger partial charge on any atom is -0.444 e. The first kappa shape index (κ1) is 16.8. The van der Waals surface area contributed by atoms with E-state index in [9.17, 15) is 9.59 Å². The fourth-order valence-electron chi connectivity index (χ4n) is 3.32. The normalized spacial score (nSPS) is 17.8. The minimum absolute atomic E-state index is 0.0182. The second kappa shape index (κ2) is 6.11. The molecular formula is C17H26N4O3. The molecule has 3 rings (SSSR count). The van der Waals surface area contributed by atoms with E-state index in [0.717, 1.165) is 37.2 Å². The van der Waals surface area contributed by atoms with Crippen molar-refractivity contribution in [3.05, 3.63) is 17.0 Å². The van der Waals surface area contributed by atoms with Crippen LogP contribution in [0.3, 0.4) is 0 Å². The molecule has 7 heteroatoms. The van der Waals surface area contributed by atoms with Gasteiger partial charge in [-0.15, -0.1) is 0 Å². The van der Waals surface area contributed by atoms with Crippen LogP contribution < -0.4 is 0 Å². The summed E-state index contributed by atoms with van der Waals surface area (Å²) in [6.07, 6.45) is 2.44. The number of aromatic nitrogens is 2. The summed E-state index contributed by atoms with van der Waals surface area (Å²) in [6.45, 7) is 8.11. The highest BCUT2D eigenvalue weighted by atomic mass is 16.6. The molecule has 1 aromatic rings. The maximum Gasteiger partial charge on any atom is 0.410 e. The third-order valence-corrected chi connectivity index (χ3v) is 4.49. The Hall–Kier alpha value is -2.05. The fraction of sp³-hybridized carbons (Fsp3) is 0.706. The van der Waals surface area contributed by atoms with Crippen molar-refractivity contribution < 1.29 is 14.3 Å². The number of hydrogen-bond donors (Lipinski definition) is 0. The molecule has 0 unspecified atom stereocenters. The first-order valence-electron chi connectivity index (χ1n) is 8.58. The number of rotatable bonds is 1. The maximum absolute atomic E-state index is 12.8. The van der Waals surface area contributed by atoms with Gasteiger partial charge >= 0.3 is 6.09 Å². The Morgan fingerprint density at radius 1 is 1.08 bits per heavy atom. The van der Waals surface area contributed by atoms with Crippen molar-refractivity contribution >= 4 is 12.0 Å². The summed E-state index contributed by atoms with van der Waals surface area (Å²) in [4.78, 5) is 28.6. The van der Waals surface area contributed by atoms with Gasteiger partial charge in [-0.25, -0.2) is 4.79 Å². The first-order valence-corrected chi connectivity index (χ1v) is 8.58. The lowest BCUT2D eigenvalue weighted by Crippen LogP contribution is -2.40. The van der Waals surface area contributed by atoms with Gasteiger partial charge in [-0.05, 0) is 33.6 Å². The van der Waals surface area contributed by atoms with Gasteiger partial charge in [-0.1, -0.05) is 0 Å². The van der Waals surface area contributed by atoms with Gasteiger partial charge in [0.15, 0.2) is 5.69 Å².